The number of thiophene rings is 1. The summed E-state index contributed by atoms with van der Waals surface area (Å²) in [4.78, 5) is 2.46. The van der Waals surface area contributed by atoms with Crippen LogP contribution in [0.1, 0.15) is 0 Å². The van der Waals surface area contributed by atoms with Crippen LogP contribution in [0.2, 0.25) is 0 Å². The third-order valence-electron chi connectivity index (χ3n) is 10.0. The molecule has 1 nitrogen and oxygen atoms in total. The molecule has 0 bridgehead atoms. The zero-order chi connectivity index (χ0) is 33.0. The molecule has 0 fully saturated rings. The van der Waals surface area contributed by atoms with Gasteiger partial charge in [0, 0.05) is 36.9 Å². The Bertz CT molecular complexity index is 2860. The van der Waals surface area contributed by atoms with Gasteiger partial charge in [-0.05, 0) is 85.6 Å². The van der Waals surface area contributed by atoms with E-state index in [1.807, 2.05) is 11.3 Å². The van der Waals surface area contributed by atoms with E-state index >= 15 is 0 Å². The lowest BCUT2D eigenvalue weighted by atomic mass is 9.85. The van der Waals surface area contributed by atoms with Gasteiger partial charge in [0.15, 0.2) is 0 Å². The lowest BCUT2D eigenvalue weighted by molar-refractivity contribution is 1.31. The van der Waals surface area contributed by atoms with Crippen molar-refractivity contribution in [1.82, 2.24) is 0 Å². The first-order valence-corrected chi connectivity index (χ1v) is 17.9. The van der Waals surface area contributed by atoms with Crippen LogP contribution < -0.4 is 4.90 Å². The first kappa shape index (κ1) is 28.8. The number of rotatable bonds is 5. The molecule has 0 aliphatic heterocycles. The molecule has 0 unspecified atom stereocenters. The molecule has 0 amide bonds. The van der Waals surface area contributed by atoms with Gasteiger partial charge >= 0.3 is 0 Å². The van der Waals surface area contributed by atoms with E-state index in [-0.39, 0.29) is 0 Å². The van der Waals surface area contributed by atoms with E-state index in [1.165, 1.54) is 74.7 Å². The number of hydrogen-bond acceptors (Lipinski definition) is 2. The highest BCUT2D eigenvalue weighted by molar-refractivity contribution is 7.25. The maximum Gasteiger partial charge on any atom is 0.0540 e. The van der Waals surface area contributed by atoms with Crippen LogP contribution in [0, 0.1) is 0 Å². The third kappa shape index (κ3) is 4.61. The zero-order valence-corrected chi connectivity index (χ0v) is 28.1. The highest BCUT2D eigenvalue weighted by Gasteiger charge is 2.21. The second-order valence-electron chi connectivity index (χ2n) is 12.9. The normalized spacial score (nSPS) is 11.6. The molecule has 1 heterocycles. The molecule has 0 aliphatic rings. The highest BCUT2D eigenvalue weighted by atomic mass is 32.1. The largest absolute Gasteiger partial charge is 0.310 e. The summed E-state index contributed by atoms with van der Waals surface area (Å²) in [5, 5.41) is 10.1. The minimum atomic E-state index is 1.13. The van der Waals surface area contributed by atoms with Crippen LogP contribution in [0.4, 0.5) is 17.1 Å². The third-order valence-corrected chi connectivity index (χ3v) is 11.2. The van der Waals surface area contributed by atoms with Gasteiger partial charge in [0.2, 0.25) is 0 Å². The predicted octanol–water partition coefficient (Wildman–Crippen LogP) is 14.3. The van der Waals surface area contributed by atoms with E-state index in [4.69, 9.17) is 0 Å². The summed E-state index contributed by atoms with van der Waals surface area (Å²) < 4.78 is 2.60. The Morgan fingerprint density at radius 2 is 0.840 bits per heavy atom. The minimum Gasteiger partial charge on any atom is -0.310 e. The Hall–Kier alpha value is -6.22. The average molecular weight is 654 g/mol. The molecule has 0 saturated carbocycles. The van der Waals surface area contributed by atoms with Crippen LogP contribution in [0.3, 0.4) is 0 Å². The number of nitrogens with zero attached hydrogens (tertiary/aromatic N) is 1. The summed E-state index contributed by atoms with van der Waals surface area (Å²) in [6.45, 7) is 0. The van der Waals surface area contributed by atoms with Gasteiger partial charge in [-0.1, -0.05) is 152 Å². The van der Waals surface area contributed by atoms with Crippen LogP contribution in [-0.2, 0) is 0 Å². The van der Waals surface area contributed by atoms with E-state index in [1.54, 1.807) is 0 Å². The van der Waals surface area contributed by atoms with Crippen molar-refractivity contribution in [1.29, 1.82) is 0 Å². The smallest absolute Gasteiger partial charge is 0.0540 e. The molecule has 10 rings (SSSR count). The lowest BCUT2D eigenvalue weighted by Crippen LogP contribution is -2.10. The van der Waals surface area contributed by atoms with Crippen molar-refractivity contribution in [2.45, 2.75) is 0 Å². The highest BCUT2D eigenvalue weighted by Crippen LogP contribution is 2.48. The molecule has 1 aromatic heterocycles. The Morgan fingerprint density at radius 1 is 0.320 bits per heavy atom. The summed E-state index contributed by atoms with van der Waals surface area (Å²) in [6.07, 6.45) is 0. The number of benzene rings is 9. The van der Waals surface area contributed by atoms with Gasteiger partial charge in [-0.2, -0.15) is 0 Å². The molecular weight excluding hydrogens is 623 g/mol. The van der Waals surface area contributed by atoms with Crippen molar-refractivity contribution in [3.05, 3.63) is 188 Å². The molecule has 234 valence electrons. The summed E-state index contributed by atoms with van der Waals surface area (Å²) >= 11 is 1.86. The van der Waals surface area contributed by atoms with Gasteiger partial charge in [0.05, 0.1) is 5.69 Å². The van der Waals surface area contributed by atoms with E-state index in [0.717, 1.165) is 17.1 Å². The molecule has 2 heteroatoms. The van der Waals surface area contributed by atoms with Crippen molar-refractivity contribution < 1.29 is 0 Å². The van der Waals surface area contributed by atoms with Crippen molar-refractivity contribution >= 4 is 80.9 Å². The molecule has 9 aromatic carbocycles. The summed E-state index contributed by atoms with van der Waals surface area (Å²) in [7, 11) is 0. The SMILES string of the molecule is c1ccc(-c2c(-c3ccccc3)c3cc(N(c4ccc5c(c4)sc4ccccc45)c4cccc5ccccc45)ccc3c3ccccc23)cc1. The van der Waals surface area contributed by atoms with Crippen LogP contribution in [-0.4, -0.2) is 0 Å². The van der Waals surface area contributed by atoms with Gasteiger partial charge < -0.3 is 4.90 Å². The Kier molecular flexibility index (Phi) is 6.75. The minimum absolute atomic E-state index is 1.13. The van der Waals surface area contributed by atoms with Crippen molar-refractivity contribution in [3.8, 4) is 22.3 Å². The maximum atomic E-state index is 2.46. The average Bonchev–Trinajstić information content (AvgIpc) is 3.56. The topological polar surface area (TPSA) is 3.24 Å². The van der Waals surface area contributed by atoms with Crippen molar-refractivity contribution in [2.75, 3.05) is 4.90 Å². The first-order valence-electron chi connectivity index (χ1n) is 17.1. The van der Waals surface area contributed by atoms with Crippen LogP contribution in [0.25, 0.3) is 74.7 Å². The standard InChI is InChI=1S/C48H31NS/c1-3-15-33(16-4-1)47-42-23-10-9-21-38(42)39-28-26-35(30-43(39)48(47)34-17-5-2-6-18-34)49(44-24-13-19-32-14-7-8-20-37(32)44)36-27-29-41-40-22-11-12-25-45(40)50-46(41)31-36/h1-31H. The lowest BCUT2D eigenvalue weighted by Gasteiger charge is -2.28. The molecule has 50 heavy (non-hydrogen) atoms. The van der Waals surface area contributed by atoms with Crippen LogP contribution >= 0.6 is 11.3 Å². The molecule has 0 radical (unpaired) electrons. The first-order chi connectivity index (χ1) is 24.8. The predicted molar refractivity (Wildman–Crippen MR) is 217 cm³/mol. The molecule has 0 atom stereocenters. The van der Waals surface area contributed by atoms with Crippen LogP contribution in [0.15, 0.2) is 188 Å². The van der Waals surface area contributed by atoms with Crippen LogP contribution in [0.5, 0.6) is 0 Å². The molecule has 0 aliphatic carbocycles. The molecular formula is C48H31NS. The van der Waals surface area contributed by atoms with Gasteiger partial charge in [0.1, 0.15) is 0 Å². The summed E-state index contributed by atoms with van der Waals surface area (Å²) in [6, 6.07) is 68.8. The van der Waals surface area contributed by atoms with E-state index in [9.17, 15) is 0 Å². The fourth-order valence-corrected chi connectivity index (χ4v) is 8.95. The number of hydrogen-bond donors (Lipinski definition) is 0. The van der Waals surface area contributed by atoms with E-state index in [0.29, 0.717) is 0 Å². The monoisotopic (exact) mass is 653 g/mol. The van der Waals surface area contributed by atoms with Crippen molar-refractivity contribution in [3.63, 3.8) is 0 Å². The van der Waals surface area contributed by atoms with Gasteiger partial charge in [0.25, 0.3) is 0 Å². The van der Waals surface area contributed by atoms with Gasteiger partial charge in [-0.25, -0.2) is 0 Å². The zero-order valence-electron chi connectivity index (χ0n) is 27.3. The fourth-order valence-electron chi connectivity index (χ4n) is 7.81. The maximum absolute atomic E-state index is 2.46. The van der Waals surface area contributed by atoms with E-state index < -0.39 is 0 Å². The quantitative estimate of drug-likeness (QED) is 0.167. The number of anilines is 3. The molecule has 0 saturated heterocycles. The molecule has 10 aromatic rings. The summed E-state index contributed by atoms with van der Waals surface area (Å²) in [5.74, 6) is 0. The Labute approximate surface area is 294 Å². The molecule has 0 spiro atoms. The Morgan fingerprint density at radius 3 is 1.60 bits per heavy atom. The molecule has 0 N–H and O–H groups in total. The second kappa shape index (κ2) is 11.7. The van der Waals surface area contributed by atoms with E-state index in [2.05, 4.69) is 193 Å². The number of fused-ring (bicyclic) bond motifs is 7. The fraction of sp³-hybridized carbons (Fsp3) is 0. The second-order valence-corrected chi connectivity index (χ2v) is 14.0. The Balaban J connectivity index is 1.31. The summed E-state index contributed by atoms with van der Waals surface area (Å²) in [5.41, 5.74) is 8.38. The van der Waals surface area contributed by atoms with Crippen molar-refractivity contribution in [2.24, 2.45) is 0 Å². The van der Waals surface area contributed by atoms with Gasteiger partial charge in [-0.3, -0.25) is 0 Å². The van der Waals surface area contributed by atoms with Gasteiger partial charge in [-0.15, -0.1) is 11.3 Å².